The second-order valence-electron chi connectivity index (χ2n) is 8.93. The van der Waals surface area contributed by atoms with Crippen LogP contribution in [0.2, 0.25) is 5.28 Å². The molecule has 6 nitrogen and oxygen atoms in total. The smallest absolute Gasteiger partial charge is 0.231 e. The molecule has 1 aromatic rings. The fraction of sp³-hybridized carbons (Fsp3) is 0.565. The van der Waals surface area contributed by atoms with E-state index in [-0.39, 0.29) is 17.0 Å². The summed E-state index contributed by atoms with van der Waals surface area (Å²) in [6.07, 6.45) is 16.2. The zero-order valence-electron chi connectivity index (χ0n) is 17.2. The van der Waals surface area contributed by atoms with Crippen LogP contribution in [0.4, 0.5) is 11.9 Å². The van der Waals surface area contributed by atoms with Gasteiger partial charge in [-0.25, -0.2) is 0 Å². The van der Waals surface area contributed by atoms with Gasteiger partial charge in [-0.15, -0.1) is 0 Å². The summed E-state index contributed by atoms with van der Waals surface area (Å²) in [6, 6.07) is 0. The van der Waals surface area contributed by atoms with Crippen LogP contribution < -0.4 is 10.2 Å². The number of halogens is 1. The minimum Gasteiger partial charge on any atom is -0.354 e. The zero-order chi connectivity index (χ0) is 20.5. The molecule has 0 spiro atoms. The van der Waals surface area contributed by atoms with Gasteiger partial charge in [-0.3, -0.25) is 4.79 Å². The number of ketones is 1. The number of rotatable bonds is 5. The number of piperidine rings is 1. The third-order valence-corrected chi connectivity index (χ3v) is 7.04. The summed E-state index contributed by atoms with van der Waals surface area (Å²) in [7, 11) is 0. The van der Waals surface area contributed by atoms with E-state index in [0.717, 1.165) is 38.9 Å². The number of allylic oxidation sites excluding steroid dienone is 4. The Morgan fingerprint density at radius 1 is 1.17 bits per heavy atom. The average Bonchev–Trinajstić information content (AvgIpc) is 2.75. The largest absolute Gasteiger partial charge is 0.354 e. The Morgan fingerprint density at radius 2 is 2.10 bits per heavy atom. The fourth-order valence-corrected chi connectivity index (χ4v) is 5.62. The maximum absolute atomic E-state index is 12.3. The predicted octanol–water partition coefficient (Wildman–Crippen LogP) is 4.36. The van der Waals surface area contributed by atoms with Crippen LogP contribution >= 0.6 is 11.6 Å². The van der Waals surface area contributed by atoms with Crippen molar-refractivity contribution in [2.45, 2.75) is 44.9 Å². The first kappa shape index (κ1) is 19.7. The second kappa shape index (κ2) is 8.50. The van der Waals surface area contributed by atoms with E-state index < -0.39 is 0 Å². The van der Waals surface area contributed by atoms with Gasteiger partial charge in [0.1, 0.15) is 0 Å². The van der Waals surface area contributed by atoms with Crippen LogP contribution in [0.25, 0.3) is 0 Å². The number of anilines is 2. The van der Waals surface area contributed by atoms with E-state index in [1.807, 2.05) is 6.08 Å². The highest BCUT2D eigenvalue weighted by Gasteiger charge is 2.41. The molecule has 2 fully saturated rings. The molecule has 3 aliphatic carbocycles. The van der Waals surface area contributed by atoms with Crippen LogP contribution in [0.15, 0.2) is 35.5 Å². The van der Waals surface area contributed by atoms with Gasteiger partial charge in [0.2, 0.25) is 17.2 Å². The van der Waals surface area contributed by atoms with Crippen molar-refractivity contribution in [2.75, 3.05) is 29.9 Å². The number of aromatic nitrogens is 3. The predicted molar refractivity (Wildman–Crippen MR) is 119 cm³/mol. The van der Waals surface area contributed by atoms with Crippen molar-refractivity contribution in [1.82, 2.24) is 15.0 Å². The molecular formula is C23H28ClN5O. The third kappa shape index (κ3) is 4.15. The Bertz CT molecular complexity index is 924. The van der Waals surface area contributed by atoms with Gasteiger partial charge < -0.3 is 10.2 Å². The van der Waals surface area contributed by atoms with Crippen LogP contribution in [-0.2, 0) is 4.79 Å². The summed E-state index contributed by atoms with van der Waals surface area (Å²) in [5.41, 5.74) is 2.81. The molecule has 7 heteroatoms. The Hall–Kier alpha value is -2.21. The number of hydrogen-bond donors (Lipinski definition) is 1. The van der Waals surface area contributed by atoms with Crippen LogP contribution in [-0.4, -0.2) is 40.4 Å². The van der Waals surface area contributed by atoms with Gasteiger partial charge in [0.15, 0.2) is 5.78 Å². The lowest BCUT2D eigenvalue weighted by Crippen LogP contribution is -2.48. The van der Waals surface area contributed by atoms with Gasteiger partial charge in [-0.2, -0.15) is 15.0 Å². The van der Waals surface area contributed by atoms with E-state index in [9.17, 15) is 4.79 Å². The minimum absolute atomic E-state index is 0.0779. The highest BCUT2D eigenvalue weighted by atomic mass is 35.5. The number of hydrogen-bond acceptors (Lipinski definition) is 6. The normalized spacial score (nSPS) is 28.0. The SMILES string of the molecule is O=C1C=CC=C2[C@H]3C[C@@H](C[C@@H]12)CN(c1nc(Cl)nc(NCCC2=CCCCC2)n1)C3. The van der Waals surface area contributed by atoms with Gasteiger partial charge >= 0.3 is 0 Å². The van der Waals surface area contributed by atoms with Crippen LogP contribution in [0.1, 0.15) is 44.9 Å². The van der Waals surface area contributed by atoms with Crippen molar-refractivity contribution in [3.05, 3.63) is 40.7 Å². The van der Waals surface area contributed by atoms with E-state index in [0.29, 0.717) is 23.7 Å². The zero-order valence-corrected chi connectivity index (χ0v) is 17.9. The van der Waals surface area contributed by atoms with Crippen molar-refractivity contribution >= 4 is 29.3 Å². The van der Waals surface area contributed by atoms with Gasteiger partial charge in [0, 0.05) is 25.6 Å². The lowest BCUT2D eigenvalue weighted by Gasteiger charge is -2.45. The molecule has 5 rings (SSSR count). The molecule has 1 N–H and O–H groups in total. The summed E-state index contributed by atoms with van der Waals surface area (Å²) in [5, 5.41) is 3.56. The molecule has 2 bridgehead atoms. The van der Waals surface area contributed by atoms with Gasteiger partial charge in [-0.05, 0) is 74.5 Å². The maximum atomic E-state index is 12.3. The fourth-order valence-electron chi connectivity index (χ4n) is 5.46. The monoisotopic (exact) mass is 425 g/mol. The first-order valence-corrected chi connectivity index (χ1v) is 11.5. The molecule has 0 radical (unpaired) electrons. The summed E-state index contributed by atoms with van der Waals surface area (Å²) >= 11 is 6.24. The number of nitrogens with zero attached hydrogens (tertiary/aromatic N) is 4. The van der Waals surface area contributed by atoms with E-state index in [1.54, 1.807) is 6.08 Å². The molecule has 2 heterocycles. The first-order valence-electron chi connectivity index (χ1n) is 11.2. The Labute approximate surface area is 182 Å². The van der Waals surface area contributed by atoms with Crippen molar-refractivity contribution in [2.24, 2.45) is 17.8 Å². The standard InChI is InChI=1S/C23H28ClN5O/c24-21-26-22(25-10-9-15-5-2-1-3-6-15)28-23(27-21)29-13-16-11-17(14-29)18-7-4-8-20(30)19(18)12-16/h4-5,7-8,16-17,19H,1-3,6,9-14H2,(H,25,26,27,28)/t16-,17-,19+/m0/s1. The maximum Gasteiger partial charge on any atom is 0.231 e. The van der Waals surface area contributed by atoms with Crippen molar-refractivity contribution in [3.63, 3.8) is 0 Å². The summed E-state index contributed by atoms with van der Waals surface area (Å²) in [4.78, 5) is 27.9. The van der Waals surface area contributed by atoms with Crippen molar-refractivity contribution < 1.29 is 4.79 Å². The molecule has 1 saturated heterocycles. The van der Waals surface area contributed by atoms with Crippen LogP contribution in [0.3, 0.4) is 0 Å². The first-order chi connectivity index (χ1) is 14.7. The van der Waals surface area contributed by atoms with Crippen LogP contribution in [0, 0.1) is 17.8 Å². The summed E-state index contributed by atoms with van der Waals surface area (Å²) < 4.78 is 0. The van der Waals surface area contributed by atoms with Crippen molar-refractivity contribution in [3.8, 4) is 0 Å². The topological polar surface area (TPSA) is 71.0 Å². The minimum atomic E-state index is 0.0779. The molecule has 158 valence electrons. The molecule has 1 aliphatic heterocycles. The molecule has 1 saturated carbocycles. The number of fused-ring (bicyclic) bond motifs is 4. The number of carbonyl (C=O) groups excluding carboxylic acids is 1. The lowest BCUT2D eigenvalue weighted by atomic mass is 9.66. The molecule has 1 aromatic heterocycles. The molecular weight excluding hydrogens is 398 g/mol. The molecule has 4 aliphatic rings. The Morgan fingerprint density at radius 3 is 2.97 bits per heavy atom. The highest BCUT2D eigenvalue weighted by molar-refractivity contribution is 6.28. The van der Waals surface area contributed by atoms with E-state index in [1.165, 1.54) is 36.8 Å². The van der Waals surface area contributed by atoms with Gasteiger partial charge in [-0.1, -0.05) is 29.4 Å². The van der Waals surface area contributed by atoms with E-state index in [4.69, 9.17) is 11.6 Å². The van der Waals surface area contributed by atoms with Crippen molar-refractivity contribution in [1.29, 1.82) is 0 Å². The molecule has 0 unspecified atom stereocenters. The lowest BCUT2D eigenvalue weighted by molar-refractivity contribution is -0.118. The second-order valence-corrected chi connectivity index (χ2v) is 9.27. The molecule has 0 aromatic carbocycles. The number of nitrogens with one attached hydrogen (secondary N) is 1. The number of carbonyl (C=O) groups is 1. The average molecular weight is 426 g/mol. The summed E-state index contributed by atoms with van der Waals surface area (Å²) in [6.45, 7) is 2.50. The molecule has 30 heavy (non-hydrogen) atoms. The Balaban J connectivity index is 1.28. The van der Waals surface area contributed by atoms with Gasteiger partial charge in [0.05, 0.1) is 0 Å². The Kier molecular flexibility index (Phi) is 5.59. The van der Waals surface area contributed by atoms with E-state index >= 15 is 0 Å². The quantitative estimate of drug-likeness (QED) is 0.707. The third-order valence-electron chi connectivity index (χ3n) is 6.87. The van der Waals surface area contributed by atoms with Crippen LogP contribution in [0.5, 0.6) is 0 Å². The molecule has 0 amide bonds. The highest BCUT2D eigenvalue weighted by Crippen LogP contribution is 2.44. The summed E-state index contributed by atoms with van der Waals surface area (Å²) in [5.74, 6) is 2.38. The molecule has 3 atom stereocenters. The van der Waals surface area contributed by atoms with E-state index in [2.05, 4.69) is 37.3 Å². The van der Waals surface area contributed by atoms with Gasteiger partial charge in [0.25, 0.3) is 0 Å².